The van der Waals surface area contributed by atoms with Crippen LogP contribution in [0.15, 0.2) is 12.7 Å². The van der Waals surface area contributed by atoms with Crippen molar-refractivity contribution in [3.8, 4) is 0 Å². The van der Waals surface area contributed by atoms with Gasteiger partial charge in [-0.2, -0.15) is 0 Å². The second-order valence-corrected chi connectivity index (χ2v) is 5.63. The Hall–Kier alpha value is -1.36. The lowest BCUT2D eigenvalue weighted by molar-refractivity contribution is -0.0472. The molecule has 2 aromatic rings. The lowest BCUT2D eigenvalue weighted by Gasteiger charge is -2.22. The molecule has 8 nitrogen and oxygen atoms in total. The number of nitrogen functional groups attached to an aromatic ring is 1. The van der Waals surface area contributed by atoms with Gasteiger partial charge < -0.3 is 20.7 Å². The molecule has 1 fully saturated rings. The lowest BCUT2D eigenvalue weighted by Crippen LogP contribution is -2.37. The van der Waals surface area contributed by atoms with E-state index < -0.39 is 29.6 Å². The molecule has 0 radical (unpaired) electrons. The zero-order chi connectivity index (χ0) is 14.5. The first-order chi connectivity index (χ1) is 9.46. The SMILES string of the molecule is Nc1ncnc2c1ncn2[C@@H]1O[C@H](CO)[C@H](O)C1(F)Br. The van der Waals surface area contributed by atoms with Gasteiger partial charge in [-0.25, -0.2) is 19.3 Å². The van der Waals surface area contributed by atoms with E-state index >= 15 is 0 Å². The third-order valence-corrected chi connectivity index (χ3v) is 4.06. The molecule has 0 aromatic carbocycles. The lowest BCUT2D eigenvalue weighted by atomic mass is 10.1. The summed E-state index contributed by atoms with van der Waals surface area (Å²) in [6, 6.07) is 0. The standard InChI is InChI=1S/C10H11BrFN5O3/c11-10(12)6(19)4(1-18)20-9(10)17-3-16-5-7(13)14-2-15-8(5)17/h2-4,6,9,18-19H,1H2,(H2,13,14,15)/t4-,6+,9-,10?/m1/s1. The van der Waals surface area contributed by atoms with Crippen LogP contribution in [0.4, 0.5) is 10.2 Å². The fourth-order valence-electron chi connectivity index (χ4n) is 2.16. The molecule has 1 aliphatic heterocycles. The molecule has 1 aliphatic rings. The summed E-state index contributed by atoms with van der Waals surface area (Å²) < 4.78 is 18.9. The quantitative estimate of drug-likeness (QED) is 0.639. The first-order valence-corrected chi connectivity index (χ1v) is 6.51. The predicted molar refractivity (Wildman–Crippen MR) is 69.5 cm³/mol. The summed E-state index contributed by atoms with van der Waals surface area (Å²) in [5.41, 5.74) is 6.23. The number of hydrogen-bond acceptors (Lipinski definition) is 7. The Labute approximate surface area is 120 Å². The number of halogens is 2. The van der Waals surface area contributed by atoms with Gasteiger partial charge in [-0.3, -0.25) is 4.57 Å². The van der Waals surface area contributed by atoms with Crippen LogP contribution in [0.2, 0.25) is 0 Å². The monoisotopic (exact) mass is 347 g/mol. The van der Waals surface area contributed by atoms with Crippen LogP contribution in [0.25, 0.3) is 11.2 Å². The average molecular weight is 348 g/mol. The summed E-state index contributed by atoms with van der Waals surface area (Å²) in [6.07, 6.45) is -1.31. The van der Waals surface area contributed by atoms with Gasteiger partial charge in [0.05, 0.1) is 12.9 Å². The summed E-state index contributed by atoms with van der Waals surface area (Å²) in [5, 5.41) is 18.9. The number of anilines is 1. The Bertz CT molecular complexity index is 651. The van der Waals surface area contributed by atoms with E-state index in [0.29, 0.717) is 5.52 Å². The van der Waals surface area contributed by atoms with E-state index in [1.807, 2.05) is 0 Å². The Morgan fingerprint density at radius 1 is 1.50 bits per heavy atom. The number of ether oxygens (including phenoxy) is 1. The molecule has 3 heterocycles. The Morgan fingerprint density at radius 2 is 2.25 bits per heavy atom. The molecule has 10 heteroatoms. The van der Waals surface area contributed by atoms with Crippen molar-refractivity contribution in [3.63, 3.8) is 0 Å². The number of aromatic nitrogens is 4. The molecule has 2 aromatic heterocycles. The van der Waals surface area contributed by atoms with Crippen molar-refractivity contribution in [1.82, 2.24) is 19.5 Å². The molecule has 4 atom stereocenters. The van der Waals surface area contributed by atoms with Gasteiger partial charge >= 0.3 is 0 Å². The molecule has 0 saturated carbocycles. The number of fused-ring (bicyclic) bond motifs is 1. The highest BCUT2D eigenvalue weighted by molar-refractivity contribution is 9.10. The van der Waals surface area contributed by atoms with Crippen LogP contribution in [0.3, 0.4) is 0 Å². The maximum atomic E-state index is 14.6. The minimum Gasteiger partial charge on any atom is -0.394 e. The molecule has 1 unspecified atom stereocenters. The van der Waals surface area contributed by atoms with Crippen LogP contribution in [0.5, 0.6) is 0 Å². The van der Waals surface area contributed by atoms with Crippen LogP contribution in [-0.4, -0.2) is 53.1 Å². The van der Waals surface area contributed by atoms with Gasteiger partial charge in [0, 0.05) is 0 Å². The van der Waals surface area contributed by atoms with E-state index in [1.165, 1.54) is 17.2 Å². The fraction of sp³-hybridized carbons (Fsp3) is 0.500. The van der Waals surface area contributed by atoms with E-state index in [0.717, 1.165) is 0 Å². The summed E-state index contributed by atoms with van der Waals surface area (Å²) in [6.45, 7) is -0.515. The maximum Gasteiger partial charge on any atom is 0.237 e. The highest BCUT2D eigenvalue weighted by atomic mass is 79.9. The Balaban J connectivity index is 2.10. The van der Waals surface area contributed by atoms with E-state index in [4.69, 9.17) is 15.6 Å². The first kappa shape index (κ1) is 13.6. The maximum absolute atomic E-state index is 14.6. The van der Waals surface area contributed by atoms with Crippen LogP contribution in [0.1, 0.15) is 6.23 Å². The number of nitrogens with two attached hydrogens (primary N) is 1. The Morgan fingerprint density at radius 3 is 2.90 bits per heavy atom. The van der Waals surface area contributed by atoms with E-state index in [1.54, 1.807) is 0 Å². The highest BCUT2D eigenvalue weighted by Crippen LogP contribution is 2.46. The first-order valence-electron chi connectivity index (χ1n) is 5.72. The second kappa shape index (κ2) is 4.58. The second-order valence-electron chi connectivity index (χ2n) is 4.41. The van der Waals surface area contributed by atoms with Crippen LogP contribution in [-0.2, 0) is 4.74 Å². The molecule has 108 valence electrons. The molecule has 0 aliphatic carbocycles. The van der Waals surface area contributed by atoms with E-state index in [2.05, 4.69) is 30.9 Å². The fourth-order valence-corrected chi connectivity index (χ4v) is 2.78. The van der Waals surface area contributed by atoms with Crippen LogP contribution < -0.4 is 5.73 Å². The smallest absolute Gasteiger partial charge is 0.237 e. The number of hydrogen-bond donors (Lipinski definition) is 3. The predicted octanol–water partition coefficient (Wildman–Crippen LogP) is -0.280. The van der Waals surface area contributed by atoms with Gasteiger partial charge in [-0.15, -0.1) is 0 Å². The minimum atomic E-state index is -2.28. The molecular formula is C10H11BrFN5O3. The number of alkyl halides is 2. The summed E-state index contributed by atoms with van der Waals surface area (Å²) in [7, 11) is 0. The van der Waals surface area contributed by atoms with Gasteiger partial charge in [0.1, 0.15) is 24.1 Å². The number of nitrogens with zero attached hydrogens (tertiary/aromatic N) is 4. The molecule has 0 amide bonds. The largest absolute Gasteiger partial charge is 0.394 e. The van der Waals surface area contributed by atoms with Gasteiger partial charge in [-0.1, -0.05) is 0 Å². The van der Waals surface area contributed by atoms with Gasteiger partial charge in [-0.05, 0) is 15.9 Å². The summed E-state index contributed by atoms with van der Waals surface area (Å²) >= 11 is 2.81. The molecular weight excluding hydrogens is 337 g/mol. The van der Waals surface area contributed by atoms with Gasteiger partial charge in [0.15, 0.2) is 17.7 Å². The van der Waals surface area contributed by atoms with Crippen molar-refractivity contribution >= 4 is 32.9 Å². The van der Waals surface area contributed by atoms with Crippen molar-refractivity contribution in [2.24, 2.45) is 0 Å². The highest BCUT2D eigenvalue weighted by Gasteiger charge is 2.57. The number of rotatable bonds is 2. The molecule has 4 N–H and O–H groups in total. The minimum absolute atomic E-state index is 0.157. The van der Waals surface area contributed by atoms with Crippen molar-refractivity contribution in [3.05, 3.63) is 12.7 Å². The summed E-state index contributed by atoms with van der Waals surface area (Å²) in [4.78, 5) is 11.8. The number of imidazole rings is 1. The van der Waals surface area contributed by atoms with Crippen molar-refractivity contribution in [2.75, 3.05) is 12.3 Å². The van der Waals surface area contributed by atoms with Crippen LogP contribution >= 0.6 is 15.9 Å². The van der Waals surface area contributed by atoms with Crippen molar-refractivity contribution in [1.29, 1.82) is 0 Å². The van der Waals surface area contributed by atoms with E-state index in [9.17, 15) is 9.50 Å². The molecule has 0 spiro atoms. The molecule has 20 heavy (non-hydrogen) atoms. The number of aliphatic hydroxyl groups is 2. The molecule has 1 saturated heterocycles. The normalized spacial score (nSPS) is 33.9. The van der Waals surface area contributed by atoms with Crippen molar-refractivity contribution < 1.29 is 19.3 Å². The third-order valence-electron chi connectivity index (χ3n) is 3.20. The van der Waals surface area contributed by atoms with Gasteiger partial charge in [0.2, 0.25) is 4.58 Å². The molecule has 3 rings (SSSR count). The third kappa shape index (κ3) is 1.79. The Kier molecular flexibility index (Phi) is 3.12. The zero-order valence-corrected chi connectivity index (χ0v) is 11.6. The van der Waals surface area contributed by atoms with Crippen LogP contribution in [0, 0.1) is 0 Å². The average Bonchev–Trinajstić information content (AvgIpc) is 2.92. The zero-order valence-electron chi connectivity index (χ0n) is 10.0. The van der Waals surface area contributed by atoms with Gasteiger partial charge in [0.25, 0.3) is 0 Å². The number of aliphatic hydroxyl groups excluding tert-OH is 2. The topological polar surface area (TPSA) is 119 Å². The summed E-state index contributed by atoms with van der Waals surface area (Å²) in [5.74, 6) is 0.157. The van der Waals surface area contributed by atoms with Crippen molar-refractivity contribution in [2.45, 2.75) is 23.0 Å². The van der Waals surface area contributed by atoms with E-state index in [-0.39, 0.29) is 11.5 Å². The molecule has 0 bridgehead atoms.